The Balaban J connectivity index is 1.78. The highest BCUT2D eigenvalue weighted by Crippen LogP contribution is 2.48. The first-order valence-corrected chi connectivity index (χ1v) is 8.90. The molecular formula is C17H23NO3S. The minimum Gasteiger partial charge on any atom is -0.462 e. The van der Waals surface area contributed by atoms with E-state index in [4.69, 9.17) is 4.74 Å². The number of amides is 1. The molecule has 0 spiro atoms. The molecule has 2 bridgehead atoms. The molecule has 2 aliphatic rings. The smallest absolute Gasteiger partial charge is 0.341 e. The van der Waals surface area contributed by atoms with Crippen molar-refractivity contribution in [3.05, 3.63) is 16.0 Å². The molecule has 1 aromatic rings. The van der Waals surface area contributed by atoms with Gasteiger partial charge in [0.2, 0.25) is 5.91 Å². The van der Waals surface area contributed by atoms with E-state index in [0.29, 0.717) is 23.1 Å². The summed E-state index contributed by atoms with van der Waals surface area (Å²) in [5.74, 6) is 1.14. The molecule has 4 nitrogen and oxygen atoms in total. The maximum Gasteiger partial charge on any atom is 0.341 e. The summed E-state index contributed by atoms with van der Waals surface area (Å²) in [6, 6.07) is 0. The number of esters is 1. The van der Waals surface area contributed by atoms with Gasteiger partial charge in [0.05, 0.1) is 12.2 Å². The van der Waals surface area contributed by atoms with E-state index < -0.39 is 0 Å². The van der Waals surface area contributed by atoms with E-state index in [0.717, 1.165) is 22.8 Å². The Morgan fingerprint density at radius 1 is 1.27 bits per heavy atom. The van der Waals surface area contributed by atoms with Crippen molar-refractivity contribution < 1.29 is 14.3 Å². The number of aryl methyl sites for hydroxylation is 1. The number of ether oxygens (including phenoxy) is 1. The van der Waals surface area contributed by atoms with Crippen molar-refractivity contribution in [2.45, 2.75) is 46.5 Å². The Labute approximate surface area is 135 Å². The lowest BCUT2D eigenvalue weighted by Gasteiger charge is -2.20. The van der Waals surface area contributed by atoms with Crippen molar-refractivity contribution >= 4 is 28.2 Å². The monoisotopic (exact) mass is 321 g/mol. The van der Waals surface area contributed by atoms with Crippen molar-refractivity contribution in [1.29, 1.82) is 0 Å². The zero-order chi connectivity index (χ0) is 15.9. The highest BCUT2D eigenvalue weighted by Gasteiger charge is 2.43. The van der Waals surface area contributed by atoms with Gasteiger partial charge in [0.1, 0.15) is 5.00 Å². The van der Waals surface area contributed by atoms with Gasteiger partial charge >= 0.3 is 5.97 Å². The van der Waals surface area contributed by atoms with E-state index in [-0.39, 0.29) is 17.8 Å². The lowest BCUT2D eigenvalue weighted by Crippen LogP contribution is -2.27. The van der Waals surface area contributed by atoms with Crippen molar-refractivity contribution in [2.24, 2.45) is 17.8 Å². The summed E-state index contributed by atoms with van der Waals surface area (Å²) >= 11 is 1.47. The van der Waals surface area contributed by atoms with E-state index in [2.05, 4.69) is 5.32 Å². The molecule has 1 heterocycles. The van der Waals surface area contributed by atoms with Crippen molar-refractivity contribution in [2.75, 3.05) is 11.9 Å². The number of anilines is 1. The van der Waals surface area contributed by atoms with Crippen LogP contribution in [-0.4, -0.2) is 18.5 Å². The molecule has 1 aromatic heterocycles. The van der Waals surface area contributed by atoms with Gasteiger partial charge in [0.15, 0.2) is 0 Å². The van der Waals surface area contributed by atoms with Crippen molar-refractivity contribution in [3.63, 3.8) is 0 Å². The van der Waals surface area contributed by atoms with E-state index in [1.54, 1.807) is 6.92 Å². The standard InChI is InChI=1S/C17H23NO3S/c1-4-21-17(20)14-9(2)10(3)22-16(14)18-15(19)13-8-11-5-6-12(13)7-11/h11-13H,4-8H2,1-3H3,(H,18,19)/t11-,12+,13-/m0/s1. The Kier molecular flexibility index (Phi) is 4.26. The fraction of sp³-hybridized carbons (Fsp3) is 0.647. The van der Waals surface area contributed by atoms with Gasteiger partial charge in [0.25, 0.3) is 0 Å². The van der Waals surface area contributed by atoms with Crippen molar-refractivity contribution in [3.8, 4) is 0 Å². The number of thiophene rings is 1. The molecular weight excluding hydrogens is 298 g/mol. The Morgan fingerprint density at radius 2 is 2.05 bits per heavy atom. The van der Waals surface area contributed by atoms with Gasteiger partial charge in [-0.3, -0.25) is 4.79 Å². The molecule has 2 saturated carbocycles. The average molecular weight is 321 g/mol. The highest BCUT2D eigenvalue weighted by molar-refractivity contribution is 7.16. The largest absolute Gasteiger partial charge is 0.462 e. The zero-order valence-corrected chi connectivity index (χ0v) is 14.2. The molecule has 0 saturated heterocycles. The number of nitrogens with one attached hydrogen (secondary N) is 1. The van der Waals surface area contributed by atoms with Crippen LogP contribution in [0.1, 0.15) is 53.4 Å². The van der Waals surface area contributed by atoms with Crippen LogP contribution in [-0.2, 0) is 9.53 Å². The third kappa shape index (κ3) is 2.67. The lowest BCUT2D eigenvalue weighted by atomic mass is 9.88. The van der Waals surface area contributed by atoms with Crippen LogP contribution in [0.2, 0.25) is 0 Å². The van der Waals surface area contributed by atoms with Crippen LogP contribution in [0.15, 0.2) is 0 Å². The van der Waals surface area contributed by atoms with Crippen LogP contribution in [0.25, 0.3) is 0 Å². The number of hydrogen-bond acceptors (Lipinski definition) is 4. The van der Waals surface area contributed by atoms with E-state index in [1.807, 2.05) is 13.8 Å². The third-order valence-corrected chi connectivity index (χ3v) is 6.30. The van der Waals surface area contributed by atoms with Crippen LogP contribution in [0.5, 0.6) is 0 Å². The second-order valence-electron chi connectivity index (χ2n) is 6.48. The van der Waals surface area contributed by atoms with Crippen LogP contribution in [0.4, 0.5) is 5.00 Å². The van der Waals surface area contributed by atoms with Gasteiger partial charge in [0, 0.05) is 10.8 Å². The number of carbonyl (C=O) groups excluding carboxylic acids is 2. The molecule has 2 fully saturated rings. The van der Waals surface area contributed by atoms with Gasteiger partial charge in [-0.1, -0.05) is 6.42 Å². The number of hydrogen-bond donors (Lipinski definition) is 1. The molecule has 0 aliphatic heterocycles. The SMILES string of the molecule is CCOC(=O)c1c(NC(=O)[C@H]2C[C@H]3CC[C@@H]2C3)sc(C)c1C. The Morgan fingerprint density at radius 3 is 2.64 bits per heavy atom. The van der Waals surface area contributed by atoms with Crippen LogP contribution < -0.4 is 5.32 Å². The molecule has 1 N–H and O–H groups in total. The lowest BCUT2D eigenvalue weighted by molar-refractivity contribution is -0.121. The van der Waals surface area contributed by atoms with Crippen LogP contribution in [0, 0.1) is 31.6 Å². The normalized spacial score (nSPS) is 26.2. The summed E-state index contributed by atoms with van der Waals surface area (Å²) in [7, 11) is 0. The quantitative estimate of drug-likeness (QED) is 0.855. The summed E-state index contributed by atoms with van der Waals surface area (Å²) in [5, 5.41) is 3.67. The number of rotatable bonds is 4. The zero-order valence-electron chi connectivity index (χ0n) is 13.4. The number of carbonyl (C=O) groups is 2. The molecule has 22 heavy (non-hydrogen) atoms. The molecule has 2 aliphatic carbocycles. The summed E-state index contributed by atoms with van der Waals surface area (Å²) in [4.78, 5) is 25.8. The van der Waals surface area contributed by atoms with Crippen molar-refractivity contribution in [1.82, 2.24) is 0 Å². The Bertz CT molecular complexity index is 607. The minimum absolute atomic E-state index is 0.0824. The second-order valence-corrected chi connectivity index (χ2v) is 7.70. The van der Waals surface area contributed by atoms with Gasteiger partial charge in [-0.15, -0.1) is 11.3 Å². The number of fused-ring (bicyclic) bond motifs is 2. The Hall–Kier alpha value is -1.36. The molecule has 5 heteroatoms. The van der Waals surface area contributed by atoms with E-state index in [9.17, 15) is 9.59 Å². The van der Waals surface area contributed by atoms with E-state index >= 15 is 0 Å². The summed E-state index contributed by atoms with van der Waals surface area (Å²) in [5.41, 5.74) is 1.44. The minimum atomic E-state index is -0.340. The molecule has 0 unspecified atom stereocenters. The maximum atomic E-state index is 12.6. The summed E-state index contributed by atoms with van der Waals surface area (Å²) in [6.45, 7) is 6.01. The topological polar surface area (TPSA) is 55.4 Å². The van der Waals surface area contributed by atoms with E-state index in [1.165, 1.54) is 30.6 Å². The van der Waals surface area contributed by atoms with Gasteiger partial charge in [-0.2, -0.15) is 0 Å². The van der Waals surface area contributed by atoms with Gasteiger partial charge < -0.3 is 10.1 Å². The summed E-state index contributed by atoms with van der Waals surface area (Å²) in [6.07, 6.45) is 4.66. The first-order valence-electron chi connectivity index (χ1n) is 8.09. The molecule has 0 radical (unpaired) electrons. The second kappa shape index (κ2) is 6.03. The average Bonchev–Trinajstić information content (AvgIpc) is 3.15. The van der Waals surface area contributed by atoms with Gasteiger partial charge in [-0.05, 0) is 57.4 Å². The first kappa shape index (κ1) is 15.5. The fourth-order valence-electron chi connectivity index (χ4n) is 3.93. The van der Waals surface area contributed by atoms with Crippen LogP contribution >= 0.6 is 11.3 Å². The highest BCUT2D eigenvalue weighted by atomic mass is 32.1. The molecule has 120 valence electrons. The fourth-order valence-corrected chi connectivity index (χ4v) is 4.99. The summed E-state index contributed by atoms with van der Waals surface area (Å²) < 4.78 is 5.14. The van der Waals surface area contributed by atoms with Gasteiger partial charge in [-0.25, -0.2) is 4.79 Å². The molecule has 1 amide bonds. The third-order valence-electron chi connectivity index (χ3n) is 5.18. The first-order chi connectivity index (χ1) is 10.5. The predicted octanol–water partition coefficient (Wildman–Crippen LogP) is 3.92. The molecule has 3 rings (SSSR count). The molecule has 0 aromatic carbocycles. The maximum absolute atomic E-state index is 12.6. The molecule has 3 atom stereocenters. The van der Waals surface area contributed by atoms with Crippen LogP contribution in [0.3, 0.4) is 0 Å². The predicted molar refractivity (Wildman–Crippen MR) is 87.3 cm³/mol.